The first-order chi connectivity index (χ1) is 10.9. The second kappa shape index (κ2) is 6.16. The summed E-state index contributed by atoms with van der Waals surface area (Å²) in [5.74, 6) is 0.746. The molecule has 1 fully saturated rings. The third-order valence-electron chi connectivity index (χ3n) is 3.82. The van der Waals surface area contributed by atoms with Gasteiger partial charge in [0.2, 0.25) is 0 Å². The Morgan fingerprint density at radius 2 is 1.91 bits per heavy atom. The van der Waals surface area contributed by atoms with Gasteiger partial charge in [-0.2, -0.15) is 13.2 Å². The summed E-state index contributed by atoms with van der Waals surface area (Å²) in [6.45, 7) is 4.62. The van der Waals surface area contributed by atoms with E-state index in [9.17, 15) is 13.2 Å². The van der Waals surface area contributed by atoms with Crippen molar-refractivity contribution in [2.24, 2.45) is 0 Å². The van der Waals surface area contributed by atoms with Crippen molar-refractivity contribution in [1.82, 2.24) is 15.3 Å². The molecule has 0 bridgehead atoms. The fourth-order valence-corrected chi connectivity index (χ4v) is 2.62. The molecule has 0 amide bonds. The number of hydrogen-bond acceptors (Lipinski definition) is 4. The Bertz CT molecular complexity index is 670. The van der Waals surface area contributed by atoms with Crippen LogP contribution in [0.3, 0.4) is 0 Å². The van der Waals surface area contributed by atoms with E-state index in [1.165, 1.54) is 12.1 Å². The standard InChI is InChI=1S/C16H17F3N4/c1-11-10-23(7-6-21-11)15-9-20-8-14(22-15)12-2-4-13(5-3-12)16(17,18)19/h2-5,8-9,11,21H,6-7,10H2,1H3/t11-/m1/s1. The lowest BCUT2D eigenvalue weighted by Gasteiger charge is -2.32. The largest absolute Gasteiger partial charge is 0.416 e. The van der Waals surface area contributed by atoms with E-state index in [1.54, 1.807) is 12.4 Å². The second-order valence-corrected chi connectivity index (χ2v) is 5.64. The molecule has 1 atom stereocenters. The van der Waals surface area contributed by atoms with Crippen LogP contribution >= 0.6 is 0 Å². The molecular formula is C16H17F3N4. The van der Waals surface area contributed by atoms with Crippen molar-refractivity contribution in [3.63, 3.8) is 0 Å². The van der Waals surface area contributed by atoms with Gasteiger partial charge < -0.3 is 10.2 Å². The van der Waals surface area contributed by atoms with Crippen LogP contribution in [0, 0.1) is 0 Å². The van der Waals surface area contributed by atoms with Crippen LogP contribution in [0.2, 0.25) is 0 Å². The molecule has 7 heteroatoms. The summed E-state index contributed by atoms with van der Waals surface area (Å²) in [7, 11) is 0. The smallest absolute Gasteiger partial charge is 0.352 e. The van der Waals surface area contributed by atoms with Crippen molar-refractivity contribution >= 4 is 5.82 Å². The van der Waals surface area contributed by atoms with Gasteiger partial charge in [-0.25, -0.2) is 4.98 Å². The van der Waals surface area contributed by atoms with E-state index in [2.05, 4.69) is 27.1 Å². The number of alkyl halides is 3. The number of nitrogens with zero attached hydrogens (tertiary/aromatic N) is 3. The Labute approximate surface area is 132 Å². The van der Waals surface area contributed by atoms with Gasteiger partial charge in [0.1, 0.15) is 5.82 Å². The van der Waals surface area contributed by atoms with E-state index in [0.717, 1.165) is 37.6 Å². The summed E-state index contributed by atoms with van der Waals surface area (Å²) in [5.41, 5.74) is 0.527. The average Bonchev–Trinajstić information content (AvgIpc) is 2.54. The van der Waals surface area contributed by atoms with Crippen LogP contribution in [0.15, 0.2) is 36.7 Å². The summed E-state index contributed by atoms with van der Waals surface area (Å²) in [4.78, 5) is 10.9. The van der Waals surface area contributed by atoms with Crippen molar-refractivity contribution in [2.75, 3.05) is 24.5 Å². The summed E-state index contributed by atoms with van der Waals surface area (Å²) in [6.07, 6.45) is -1.08. The quantitative estimate of drug-likeness (QED) is 0.923. The molecular weight excluding hydrogens is 305 g/mol. The highest BCUT2D eigenvalue weighted by atomic mass is 19.4. The van der Waals surface area contributed by atoms with E-state index in [4.69, 9.17) is 0 Å². The molecule has 1 N–H and O–H groups in total. The number of aromatic nitrogens is 2. The molecule has 2 aromatic rings. The number of anilines is 1. The molecule has 1 aliphatic heterocycles. The number of benzene rings is 1. The van der Waals surface area contributed by atoms with Crippen LogP contribution in [-0.2, 0) is 6.18 Å². The number of hydrogen-bond donors (Lipinski definition) is 1. The second-order valence-electron chi connectivity index (χ2n) is 5.64. The van der Waals surface area contributed by atoms with Crippen LogP contribution in [0.25, 0.3) is 11.3 Å². The van der Waals surface area contributed by atoms with Crippen molar-refractivity contribution < 1.29 is 13.2 Å². The minimum atomic E-state index is -4.33. The lowest BCUT2D eigenvalue weighted by atomic mass is 10.1. The maximum absolute atomic E-state index is 12.6. The van der Waals surface area contributed by atoms with Crippen molar-refractivity contribution in [3.05, 3.63) is 42.2 Å². The first-order valence-corrected chi connectivity index (χ1v) is 7.41. The SMILES string of the molecule is C[C@@H]1CN(c2cncc(-c3ccc(C(F)(F)F)cc3)n2)CCN1. The minimum absolute atomic E-state index is 0.361. The molecule has 0 spiro atoms. The molecule has 4 nitrogen and oxygen atoms in total. The first kappa shape index (κ1) is 15.7. The molecule has 0 saturated carbocycles. The number of nitrogens with one attached hydrogen (secondary N) is 1. The molecule has 2 heterocycles. The molecule has 1 aromatic carbocycles. The normalized spacial score (nSPS) is 19.0. The van der Waals surface area contributed by atoms with Crippen molar-refractivity contribution in [3.8, 4) is 11.3 Å². The van der Waals surface area contributed by atoms with Gasteiger partial charge in [-0.3, -0.25) is 4.98 Å². The third kappa shape index (κ3) is 3.61. The highest BCUT2D eigenvalue weighted by molar-refractivity contribution is 5.60. The molecule has 1 saturated heterocycles. The molecule has 3 rings (SSSR count). The molecule has 1 aromatic heterocycles. The molecule has 1 aliphatic rings. The molecule has 122 valence electrons. The zero-order valence-electron chi connectivity index (χ0n) is 12.6. The van der Waals surface area contributed by atoms with E-state index in [1.807, 2.05) is 0 Å². The number of halogens is 3. The highest BCUT2D eigenvalue weighted by Crippen LogP contribution is 2.30. The van der Waals surface area contributed by atoms with E-state index in [-0.39, 0.29) is 0 Å². The van der Waals surface area contributed by atoms with Gasteiger partial charge >= 0.3 is 6.18 Å². The highest BCUT2D eigenvalue weighted by Gasteiger charge is 2.30. The Morgan fingerprint density at radius 1 is 1.17 bits per heavy atom. The van der Waals surface area contributed by atoms with Gasteiger partial charge in [-0.1, -0.05) is 12.1 Å². The van der Waals surface area contributed by atoms with Crippen molar-refractivity contribution in [1.29, 1.82) is 0 Å². The van der Waals surface area contributed by atoms with Crippen LogP contribution in [0.1, 0.15) is 12.5 Å². The Balaban J connectivity index is 1.85. The fraction of sp³-hybridized carbons (Fsp3) is 0.375. The monoisotopic (exact) mass is 322 g/mol. The van der Waals surface area contributed by atoms with Gasteiger partial charge in [0, 0.05) is 31.2 Å². The van der Waals surface area contributed by atoms with Gasteiger partial charge in [-0.05, 0) is 19.1 Å². The van der Waals surface area contributed by atoms with E-state index >= 15 is 0 Å². The maximum atomic E-state index is 12.6. The predicted octanol–water partition coefficient (Wildman–Crippen LogP) is 2.96. The third-order valence-corrected chi connectivity index (χ3v) is 3.82. The van der Waals surface area contributed by atoms with E-state index < -0.39 is 11.7 Å². The van der Waals surface area contributed by atoms with Gasteiger partial charge in [0.25, 0.3) is 0 Å². The van der Waals surface area contributed by atoms with Crippen LogP contribution in [0.5, 0.6) is 0 Å². The Kier molecular flexibility index (Phi) is 4.21. The topological polar surface area (TPSA) is 41.1 Å². The molecule has 0 radical (unpaired) electrons. The lowest BCUT2D eigenvalue weighted by molar-refractivity contribution is -0.137. The summed E-state index contributed by atoms with van der Waals surface area (Å²) in [5, 5.41) is 3.35. The van der Waals surface area contributed by atoms with Gasteiger partial charge in [0.05, 0.1) is 23.7 Å². The summed E-state index contributed by atoms with van der Waals surface area (Å²) in [6, 6.07) is 5.35. The predicted molar refractivity (Wildman–Crippen MR) is 82.1 cm³/mol. The Morgan fingerprint density at radius 3 is 2.57 bits per heavy atom. The minimum Gasteiger partial charge on any atom is -0.352 e. The molecule has 0 aliphatic carbocycles. The first-order valence-electron chi connectivity index (χ1n) is 7.41. The Hall–Kier alpha value is -2.15. The van der Waals surface area contributed by atoms with Crippen LogP contribution < -0.4 is 10.2 Å². The zero-order chi connectivity index (χ0) is 16.4. The van der Waals surface area contributed by atoms with E-state index in [0.29, 0.717) is 17.3 Å². The molecule has 0 unspecified atom stereocenters. The lowest BCUT2D eigenvalue weighted by Crippen LogP contribution is -2.49. The van der Waals surface area contributed by atoms with Gasteiger partial charge in [-0.15, -0.1) is 0 Å². The number of piperazine rings is 1. The number of rotatable bonds is 2. The fourth-order valence-electron chi connectivity index (χ4n) is 2.62. The summed E-state index contributed by atoms with van der Waals surface area (Å²) < 4.78 is 37.9. The average molecular weight is 322 g/mol. The maximum Gasteiger partial charge on any atom is 0.416 e. The van der Waals surface area contributed by atoms with Crippen LogP contribution in [-0.4, -0.2) is 35.6 Å². The van der Waals surface area contributed by atoms with Gasteiger partial charge in [0.15, 0.2) is 0 Å². The zero-order valence-corrected chi connectivity index (χ0v) is 12.6. The summed E-state index contributed by atoms with van der Waals surface area (Å²) >= 11 is 0. The van der Waals surface area contributed by atoms with Crippen LogP contribution in [0.4, 0.5) is 19.0 Å². The van der Waals surface area contributed by atoms with Crippen molar-refractivity contribution in [2.45, 2.75) is 19.1 Å². The molecule has 23 heavy (non-hydrogen) atoms.